The molecular weight excluding hydrogens is 198 g/mol. The van der Waals surface area contributed by atoms with Gasteiger partial charge in [0, 0.05) is 0 Å². The molecule has 82 valence electrons. The van der Waals surface area contributed by atoms with Gasteiger partial charge in [-0.05, 0) is 28.3 Å². The molecule has 0 spiro atoms. The molecule has 1 aliphatic rings. The molecule has 16 heavy (non-hydrogen) atoms. The van der Waals surface area contributed by atoms with Crippen molar-refractivity contribution >= 4 is 10.8 Å². The Hall–Kier alpha value is -1.38. The number of hydrogen-bond donors (Lipinski definition) is 1. The van der Waals surface area contributed by atoms with Gasteiger partial charge < -0.3 is 10.5 Å². The Labute approximate surface area is 95.0 Å². The standard InChI is InChI=1S/C14H15NO/c15-14-9-16-8-7-12-11-4-2-1-3-10(11)5-6-13(12)14/h1-6,14H,7-9,15H2. The van der Waals surface area contributed by atoms with E-state index in [1.165, 1.54) is 21.9 Å². The van der Waals surface area contributed by atoms with Crippen LogP contribution in [0.5, 0.6) is 0 Å². The lowest BCUT2D eigenvalue weighted by Gasteiger charge is -2.13. The smallest absolute Gasteiger partial charge is 0.0659 e. The highest BCUT2D eigenvalue weighted by Crippen LogP contribution is 2.28. The molecule has 2 nitrogen and oxygen atoms in total. The molecule has 1 unspecified atom stereocenters. The summed E-state index contributed by atoms with van der Waals surface area (Å²) in [4.78, 5) is 0. The number of hydrogen-bond acceptors (Lipinski definition) is 2. The second kappa shape index (κ2) is 3.89. The van der Waals surface area contributed by atoms with Gasteiger partial charge in [0.2, 0.25) is 0 Å². The molecule has 0 aliphatic carbocycles. The fourth-order valence-corrected chi connectivity index (χ4v) is 2.45. The van der Waals surface area contributed by atoms with Crippen molar-refractivity contribution in [3.63, 3.8) is 0 Å². The second-order valence-electron chi connectivity index (χ2n) is 4.29. The highest BCUT2D eigenvalue weighted by atomic mass is 16.5. The number of nitrogens with two attached hydrogens (primary N) is 1. The molecule has 2 heteroatoms. The topological polar surface area (TPSA) is 35.2 Å². The van der Waals surface area contributed by atoms with Crippen LogP contribution < -0.4 is 5.73 Å². The van der Waals surface area contributed by atoms with Crippen LogP contribution in [-0.2, 0) is 11.2 Å². The molecule has 0 saturated carbocycles. The van der Waals surface area contributed by atoms with Crippen LogP contribution in [0.3, 0.4) is 0 Å². The van der Waals surface area contributed by atoms with Crippen LogP contribution in [0.25, 0.3) is 10.8 Å². The van der Waals surface area contributed by atoms with Gasteiger partial charge in [-0.2, -0.15) is 0 Å². The lowest BCUT2D eigenvalue weighted by Crippen LogP contribution is -2.15. The van der Waals surface area contributed by atoms with E-state index in [0.29, 0.717) is 6.61 Å². The Balaban J connectivity index is 2.28. The van der Waals surface area contributed by atoms with Crippen LogP contribution in [0.4, 0.5) is 0 Å². The van der Waals surface area contributed by atoms with Crippen molar-refractivity contribution < 1.29 is 4.74 Å². The van der Waals surface area contributed by atoms with Crippen LogP contribution in [0.2, 0.25) is 0 Å². The van der Waals surface area contributed by atoms with Crippen molar-refractivity contribution in [1.82, 2.24) is 0 Å². The maximum atomic E-state index is 6.11. The third-order valence-electron chi connectivity index (χ3n) is 3.27. The first kappa shape index (κ1) is 9.82. The minimum atomic E-state index is 0.0158. The van der Waals surface area contributed by atoms with E-state index in [4.69, 9.17) is 10.5 Å². The minimum Gasteiger partial charge on any atom is -0.379 e. The molecular formula is C14H15NO. The highest BCUT2D eigenvalue weighted by molar-refractivity contribution is 5.87. The Morgan fingerprint density at radius 2 is 2.00 bits per heavy atom. The average Bonchev–Trinajstić information content (AvgIpc) is 2.52. The first-order valence-corrected chi connectivity index (χ1v) is 5.70. The summed E-state index contributed by atoms with van der Waals surface area (Å²) in [6, 6.07) is 12.8. The van der Waals surface area contributed by atoms with Gasteiger partial charge >= 0.3 is 0 Å². The van der Waals surface area contributed by atoms with Gasteiger partial charge in [-0.15, -0.1) is 0 Å². The summed E-state index contributed by atoms with van der Waals surface area (Å²) < 4.78 is 5.51. The van der Waals surface area contributed by atoms with Crippen LogP contribution in [0, 0.1) is 0 Å². The minimum absolute atomic E-state index is 0.0158. The predicted molar refractivity (Wildman–Crippen MR) is 65.4 cm³/mol. The molecule has 0 aromatic heterocycles. The molecule has 0 fully saturated rings. The molecule has 0 bridgehead atoms. The highest BCUT2D eigenvalue weighted by Gasteiger charge is 2.17. The van der Waals surface area contributed by atoms with Crippen LogP contribution in [-0.4, -0.2) is 13.2 Å². The van der Waals surface area contributed by atoms with Gasteiger partial charge in [-0.3, -0.25) is 0 Å². The Morgan fingerprint density at radius 3 is 2.94 bits per heavy atom. The third kappa shape index (κ3) is 1.51. The molecule has 1 atom stereocenters. The van der Waals surface area contributed by atoms with Gasteiger partial charge in [0.25, 0.3) is 0 Å². The summed E-state index contributed by atoms with van der Waals surface area (Å²) in [7, 11) is 0. The Kier molecular flexibility index (Phi) is 2.39. The molecule has 0 radical (unpaired) electrons. The molecule has 3 rings (SSSR count). The number of ether oxygens (including phenoxy) is 1. The summed E-state index contributed by atoms with van der Waals surface area (Å²) >= 11 is 0. The van der Waals surface area contributed by atoms with Crippen molar-refractivity contribution in [3.8, 4) is 0 Å². The van der Waals surface area contributed by atoms with Gasteiger partial charge in [-0.1, -0.05) is 36.4 Å². The van der Waals surface area contributed by atoms with E-state index in [0.717, 1.165) is 13.0 Å². The normalized spacial score (nSPS) is 20.4. The second-order valence-corrected chi connectivity index (χ2v) is 4.29. The summed E-state index contributed by atoms with van der Waals surface area (Å²) in [5.41, 5.74) is 8.72. The average molecular weight is 213 g/mol. The van der Waals surface area contributed by atoms with Crippen LogP contribution in [0.1, 0.15) is 17.2 Å². The first-order valence-electron chi connectivity index (χ1n) is 5.70. The largest absolute Gasteiger partial charge is 0.379 e. The number of fused-ring (bicyclic) bond motifs is 3. The molecule has 0 amide bonds. The van der Waals surface area contributed by atoms with Crippen molar-refractivity contribution in [3.05, 3.63) is 47.5 Å². The van der Waals surface area contributed by atoms with Crippen molar-refractivity contribution in [2.24, 2.45) is 5.73 Å². The maximum absolute atomic E-state index is 6.11. The third-order valence-corrected chi connectivity index (χ3v) is 3.27. The quantitative estimate of drug-likeness (QED) is 0.729. The fraction of sp³-hybridized carbons (Fsp3) is 0.286. The molecule has 1 heterocycles. The van der Waals surface area contributed by atoms with Gasteiger partial charge in [-0.25, -0.2) is 0 Å². The Bertz CT molecular complexity index is 521. The fourth-order valence-electron chi connectivity index (χ4n) is 2.45. The zero-order valence-corrected chi connectivity index (χ0v) is 9.15. The number of rotatable bonds is 0. The van der Waals surface area contributed by atoms with E-state index in [1.807, 2.05) is 0 Å². The Morgan fingerprint density at radius 1 is 1.12 bits per heavy atom. The van der Waals surface area contributed by atoms with E-state index in [1.54, 1.807) is 0 Å². The van der Waals surface area contributed by atoms with E-state index >= 15 is 0 Å². The van der Waals surface area contributed by atoms with Gasteiger partial charge in [0.1, 0.15) is 0 Å². The summed E-state index contributed by atoms with van der Waals surface area (Å²) in [5, 5.41) is 2.61. The van der Waals surface area contributed by atoms with E-state index in [9.17, 15) is 0 Å². The summed E-state index contributed by atoms with van der Waals surface area (Å²) in [6.45, 7) is 1.40. The van der Waals surface area contributed by atoms with Crippen molar-refractivity contribution in [2.45, 2.75) is 12.5 Å². The van der Waals surface area contributed by atoms with Crippen LogP contribution >= 0.6 is 0 Å². The van der Waals surface area contributed by atoms with Gasteiger partial charge in [0.05, 0.1) is 19.3 Å². The first-order chi connectivity index (χ1) is 7.86. The molecule has 2 aromatic rings. The zero-order valence-electron chi connectivity index (χ0n) is 9.15. The van der Waals surface area contributed by atoms with E-state index < -0.39 is 0 Å². The zero-order chi connectivity index (χ0) is 11.0. The summed E-state index contributed by atoms with van der Waals surface area (Å²) in [6.07, 6.45) is 0.963. The molecule has 1 aliphatic heterocycles. The summed E-state index contributed by atoms with van der Waals surface area (Å²) in [5.74, 6) is 0. The monoisotopic (exact) mass is 213 g/mol. The van der Waals surface area contributed by atoms with E-state index in [-0.39, 0.29) is 6.04 Å². The van der Waals surface area contributed by atoms with Crippen LogP contribution in [0.15, 0.2) is 36.4 Å². The van der Waals surface area contributed by atoms with Crippen molar-refractivity contribution in [1.29, 1.82) is 0 Å². The molecule has 0 saturated heterocycles. The van der Waals surface area contributed by atoms with E-state index in [2.05, 4.69) is 36.4 Å². The SMILES string of the molecule is NC1COCCc2c1ccc1ccccc21. The van der Waals surface area contributed by atoms with Crippen molar-refractivity contribution in [2.75, 3.05) is 13.2 Å². The molecule has 2 aromatic carbocycles. The lowest BCUT2D eigenvalue weighted by atomic mass is 9.94. The van der Waals surface area contributed by atoms with Gasteiger partial charge in [0.15, 0.2) is 0 Å². The maximum Gasteiger partial charge on any atom is 0.0659 e. The number of benzene rings is 2. The molecule has 2 N–H and O–H groups in total. The lowest BCUT2D eigenvalue weighted by molar-refractivity contribution is 0.131. The predicted octanol–water partition coefficient (Wildman–Crippen LogP) is 2.41.